The Labute approximate surface area is 80.2 Å². The Morgan fingerprint density at radius 2 is 2.21 bits per heavy atom. The highest BCUT2D eigenvalue weighted by Gasteiger charge is 2.18. The van der Waals surface area contributed by atoms with Gasteiger partial charge in [-0.05, 0) is 19.1 Å². The van der Waals surface area contributed by atoms with Gasteiger partial charge in [0, 0.05) is 6.20 Å². The predicted octanol–water partition coefficient (Wildman–Crippen LogP) is 1.52. The van der Waals surface area contributed by atoms with Crippen molar-refractivity contribution in [2.45, 2.75) is 19.4 Å². The zero-order valence-corrected chi connectivity index (χ0v) is 7.58. The van der Waals surface area contributed by atoms with Gasteiger partial charge in [0.2, 0.25) is 0 Å². The highest BCUT2D eigenvalue weighted by molar-refractivity contribution is 5.79. The van der Waals surface area contributed by atoms with Crippen molar-refractivity contribution >= 4 is 5.91 Å². The molecule has 1 rings (SSSR count). The molecule has 1 atom stereocenters. The van der Waals surface area contributed by atoms with Gasteiger partial charge in [0.1, 0.15) is 0 Å². The Balaban J connectivity index is 2.59. The van der Waals surface area contributed by atoms with Gasteiger partial charge in [-0.1, -0.05) is 6.07 Å². The van der Waals surface area contributed by atoms with E-state index in [0.29, 0.717) is 5.69 Å². The van der Waals surface area contributed by atoms with Gasteiger partial charge in [0.15, 0.2) is 0 Å². The average molecular weight is 200 g/mol. The molecule has 5 heteroatoms. The summed E-state index contributed by atoms with van der Waals surface area (Å²) in [6.07, 6.45) is -1.44. The molecule has 0 aliphatic carbocycles. The lowest BCUT2D eigenvalue weighted by atomic mass is 10.2. The maximum absolute atomic E-state index is 11.9. The maximum atomic E-state index is 11.9. The van der Waals surface area contributed by atoms with E-state index in [1.807, 2.05) is 0 Å². The zero-order chi connectivity index (χ0) is 10.6. The van der Waals surface area contributed by atoms with Gasteiger partial charge >= 0.3 is 6.43 Å². The minimum absolute atomic E-state index is 0.502. The summed E-state index contributed by atoms with van der Waals surface area (Å²) in [7, 11) is 0. The van der Waals surface area contributed by atoms with E-state index >= 15 is 0 Å². The lowest BCUT2D eigenvalue weighted by Gasteiger charge is -2.12. The summed E-state index contributed by atoms with van der Waals surface area (Å²) in [5, 5.41) is 2.14. The highest BCUT2D eigenvalue weighted by atomic mass is 19.3. The van der Waals surface area contributed by atoms with Crippen molar-refractivity contribution in [3.05, 3.63) is 30.1 Å². The van der Waals surface area contributed by atoms with Crippen LogP contribution in [0.25, 0.3) is 0 Å². The largest absolute Gasteiger partial charge is 0.343 e. The monoisotopic (exact) mass is 200 g/mol. The van der Waals surface area contributed by atoms with Gasteiger partial charge in [-0.15, -0.1) is 0 Å². The number of nitrogens with zero attached hydrogens (tertiary/aromatic N) is 1. The van der Waals surface area contributed by atoms with E-state index in [9.17, 15) is 13.6 Å². The molecule has 1 aromatic heterocycles. The quantitative estimate of drug-likeness (QED) is 0.803. The summed E-state index contributed by atoms with van der Waals surface area (Å²) in [5.74, 6) is -1.27. The Morgan fingerprint density at radius 1 is 1.50 bits per heavy atom. The van der Waals surface area contributed by atoms with Crippen molar-refractivity contribution in [1.82, 2.24) is 10.3 Å². The molecule has 1 heterocycles. The fourth-order valence-corrected chi connectivity index (χ4v) is 0.982. The van der Waals surface area contributed by atoms with Gasteiger partial charge in [0.25, 0.3) is 5.91 Å². The number of carbonyl (C=O) groups is 1. The van der Waals surface area contributed by atoms with E-state index in [1.165, 1.54) is 0 Å². The number of pyridine rings is 1. The Morgan fingerprint density at radius 3 is 2.71 bits per heavy atom. The van der Waals surface area contributed by atoms with Crippen molar-refractivity contribution in [2.75, 3.05) is 0 Å². The van der Waals surface area contributed by atoms with Crippen LogP contribution in [-0.2, 0) is 4.79 Å². The summed E-state index contributed by atoms with van der Waals surface area (Å²) in [4.78, 5) is 14.6. The third-order valence-electron chi connectivity index (χ3n) is 1.69. The zero-order valence-electron chi connectivity index (χ0n) is 7.58. The molecular weight excluding hydrogens is 190 g/mol. The van der Waals surface area contributed by atoms with E-state index in [0.717, 1.165) is 0 Å². The number of nitrogens with one attached hydrogen (secondary N) is 1. The topological polar surface area (TPSA) is 42.0 Å². The van der Waals surface area contributed by atoms with Crippen LogP contribution >= 0.6 is 0 Å². The predicted molar refractivity (Wildman–Crippen MR) is 46.8 cm³/mol. The number of hydrogen-bond acceptors (Lipinski definition) is 2. The normalized spacial score (nSPS) is 12.6. The first kappa shape index (κ1) is 10.6. The van der Waals surface area contributed by atoms with Crippen LogP contribution in [0.3, 0.4) is 0 Å². The number of aromatic nitrogens is 1. The third kappa shape index (κ3) is 2.76. The van der Waals surface area contributed by atoms with Crippen LogP contribution in [0.1, 0.15) is 18.7 Å². The second-order valence-corrected chi connectivity index (χ2v) is 2.79. The number of hydrogen-bond donors (Lipinski definition) is 1. The molecule has 0 spiro atoms. The van der Waals surface area contributed by atoms with Gasteiger partial charge in [-0.3, -0.25) is 9.78 Å². The third-order valence-corrected chi connectivity index (χ3v) is 1.69. The molecule has 3 nitrogen and oxygen atoms in total. The van der Waals surface area contributed by atoms with E-state index in [1.54, 1.807) is 31.3 Å². The lowest BCUT2D eigenvalue weighted by Crippen LogP contribution is -2.32. The van der Waals surface area contributed by atoms with Crippen molar-refractivity contribution < 1.29 is 13.6 Å². The van der Waals surface area contributed by atoms with Crippen LogP contribution in [0.4, 0.5) is 8.78 Å². The Hall–Kier alpha value is -1.52. The molecule has 1 aromatic rings. The Kier molecular flexibility index (Phi) is 3.50. The fraction of sp³-hybridized carbons (Fsp3) is 0.333. The molecule has 0 aromatic carbocycles. The minimum atomic E-state index is -2.99. The standard InChI is InChI=1S/C9H10F2N2O/c1-6(13-9(14)8(10)11)7-4-2-3-5-12-7/h2-6,8H,1H3,(H,13,14). The van der Waals surface area contributed by atoms with Crippen molar-refractivity contribution in [3.8, 4) is 0 Å². The molecule has 0 saturated carbocycles. The summed E-state index contributed by atoms with van der Waals surface area (Å²) in [5.41, 5.74) is 0.557. The van der Waals surface area contributed by atoms with Crippen LogP contribution in [0.5, 0.6) is 0 Å². The van der Waals surface area contributed by atoms with Crippen molar-refractivity contribution in [2.24, 2.45) is 0 Å². The molecule has 14 heavy (non-hydrogen) atoms. The first-order valence-electron chi connectivity index (χ1n) is 4.10. The molecule has 1 amide bonds. The van der Waals surface area contributed by atoms with Crippen LogP contribution in [-0.4, -0.2) is 17.3 Å². The molecular formula is C9H10F2N2O. The summed E-state index contributed by atoms with van der Waals surface area (Å²) < 4.78 is 23.7. The van der Waals surface area contributed by atoms with Crippen molar-refractivity contribution in [1.29, 1.82) is 0 Å². The second-order valence-electron chi connectivity index (χ2n) is 2.79. The van der Waals surface area contributed by atoms with E-state index in [-0.39, 0.29) is 0 Å². The number of halogens is 2. The molecule has 76 valence electrons. The molecule has 0 radical (unpaired) electrons. The van der Waals surface area contributed by atoms with Gasteiger partial charge in [-0.2, -0.15) is 8.78 Å². The number of amides is 1. The van der Waals surface area contributed by atoms with Gasteiger partial charge < -0.3 is 5.32 Å². The SMILES string of the molecule is CC(NC(=O)C(F)F)c1ccccn1. The number of alkyl halides is 2. The molecule has 0 aliphatic heterocycles. The molecule has 0 aliphatic rings. The molecule has 0 saturated heterocycles. The first-order valence-corrected chi connectivity index (χ1v) is 4.10. The Bertz CT molecular complexity index is 303. The number of carbonyl (C=O) groups excluding carboxylic acids is 1. The van der Waals surface area contributed by atoms with E-state index < -0.39 is 18.4 Å². The van der Waals surface area contributed by atoms with Crippen LogP contribution in [0.2, 0.25) is 0 Å². The van der Waals surface area contributed by atoms with Crippen LogP contribution in [0, 0.1) is 0 Å². The van der Waals surface area contributed by atoms with Crippen LogP contribution < -0.4 is 5.32 Å². The smallest absolute Gasteiger partial charge is 0.315 e. The van der Waals surface area contributed by atoms with E-state index in [2.05, 4.69) is 10.3 Å². The number of rotatable bonds is 3. The summed E-state index contributed by atoms with van der Waals surface area (Å²) in [6.45, 7) is 1.60. The van der Waals surface area contributed by atoms with Crippen molar-refractivity contribution in [3.63, 3.8) is 0 Å². The molecule has 0 fully saturated rings. The highest BCUT2D eigenvalue weighted by Crippen LogP contribution is 2.08. The minimum Gasteiger partial charge on any atom is -0.343 e. The molecule has 1 N–H and O–H groups in total. The lowest BCUT2D eigenvalue weighted by molar-refractivity contribution is -0.132. The van der Waals surface area contributed by atoms with Gasteiger partial charge in [0.05, 0.1) is 11.7 Å². The van der Waals surface area contributed by atoms with E-state index in [4.69, 9.17) is 0 Å². The molecule has 0 bridgehead atoms. The molecule has 1 unspecified atom stereocenters. The average Bonchev–Trinajstić information content (AvgIpc) is 2.19. The fourth-order valence-electron chi connectivity index (χ4n) is 0.982. The summed E-state index contributed by atoms with van der Waals surface area (Å²) in [6, 6.07) is 4.60. The second kappa shape index (κ2) is 4.64. The maximum Gasteiger partial charge on any atom is 0.315 e. The van der Waals surface area contributed by atoms with Crippen LogP contribution in [0.15, 0.2) is 24.4 Å². The van der Waals surface area contributed by atoms with Gasteiger partial charge in [-0.25, -0.2) is 0 Å². The summed E-state index contributed by atoms with van der Waals surface area (Å²) >= 11 is 0. The first-order chi connectivity index (χ1) is 6.61.